The molecule has 0 radical (unpaired) electrons. The van der Waals surface area contributed by atoms with Gasteiger partial charge < -0.3 is 10.2 Å². The van der Waals surface area contributed by atoms with Crippen molar-refractivity contribution < 1.29 is 18.1 Å². The number of halogens is 1. The van der Waals surface area contributed by atoms with Gasteiger partial charge in [-0.25, -0.2) is 8.42 Å². The first-order valence-electron chi connectivity index (χ1n) is 8.60. The predicted molar refractivity (Wildman–Crippen MR) is 98.2 cm³/mol. The van der Waals surface area contributed by atoms with Gasteiger partial charge in [0, 0.05) is 11.6 Å². The minimum Gasteiger partial charge on any atom is -0.351 e. The Labute approximate surface area is 155 Å². The minimum atomic E-state index is -3.51. The maximum Gasteiger partial charge on any atom is 0.278 e. The predicted octanol–water partition coefficient (Wildman–Crippen LogP) is 0.390. The first-order chi connectivity index (χ1) is 11.7. The Kier molecular flexibility index (Phi) is 6.85. The lowest BCUT2D eigenvalue weighted by molar-refractivity contribution is -0.917. The zero-order chi connectivity index (χ0) is 18.6. The number of rotatable bonds is 6. The normalized spacial score (nSPS) is 18.3. The number of quaternary nitrogens is 1. The average molecular weight is 389 g/mol. The van der Waals surface area contributed by atoms with Crippen molar-refractivity contribution in [1.29, 1.82) is 0 Å². The highest BCUT2D eigenvalue weighted by atomic mass is 35.5. The van der Waals surface area contributed by atoms with Gasteiger partial charge in [-0.05, 0) is 37.1 Å². The quantitative estimate of drug-likeness (QED) is 0.740. The van der Waals surface area contributed by atoms with Crippen molar-refractivity contribution in [3.05, 3.63) is 29.3 Å². The highest BCUT2D eigenvalue weighted by Gasteiger charge is 2.34. The van der Waals surface area contributed by atoms with E-state index in [0.717, 1.165) is 4.90 Å². The van der Waals surface area contributed by atoms with Gasteiger partial charge in [0.2, 0.25) is 10.0 Å². The van der Waals surface area contributed by atoms with Gasteiger partial charge in [0.25, 0.3) is 5.91 Å². The number of nitrogens with one attached hydrogen (secondary N) is 2. The molecule has 140 valence electrons. The SMILES string of the molecule is CC(C)CNC(=O)[C@H](C)[NH+]1CCN(S(=O)(=O)c2ccc(Cl)cc2)CC1. The number of amides is 1. The molecule has 0 aliphatic carbocycles. The highest BCUT2D eigenvalue weighted by molar-refractivity contribution is 7.89. The molecule has 0 saturated carbocycles. The molecule has 1 saturated heterocycles. The van der Waals surface area contributed by atoms with Crippen LogP contribution >= 0.6 is 11.6 Å². The van der Waals surface area contributed by atoms with Crippen LogP contribution in [0, 0.1) is 5.92 Å². The number of sulfonamides is 1. The van der Waals surface area contributed by atoms with E-state index in [1.807, 2.05) is 6.92 Å². The van der Waals surface area contributed by atoms with Crippen LogP contribution in [0.15, 0.2) is 29.2 Å². The van der Waals surface area contributed by atoms with E-state index in [2.05, 4.69) is 19.2 Å². The lowest BCUT2D eigenvalue weighted by atomic mass is 10.2. The molecule has 2 rings (SSSR count). The number of hydrogen-bond donors (Lipinski definition) is 2. The molecular formula is C17H27ClN3O3S+. The molecule has 0 aromatic heterocycles. The number of benzene rings is 1. The molecule has 1 atom stereocenters. The van der Waals surface area contributed by atoms with Crippen LogP contribution in [0.3, 0.4) is 0 Å². The number of piperazine rings is 1. The molecule has 0 bridgehead atoms. The van der Waals surface area contributed by atoms with Crippen LogP contribution in [0.5, 0.6) is 0 Å². The first kappa shape index (κ1) is 20.2. The molecule has 8 heteroatoms. The maximum absolute atomic E-state index is 12.7. The molecule has 1 aromatic carbocycles. The van der Waals surface area contributed by atoms with Crippen LogP contribution in [0.2, 0.25) is 5.02 Å². The van der Waals surface area contributed by atoms with E-state index < -0.39 is 10.0 Å². The molecule has 1 fully saturated rings. The van der Waals surface area contributed by atoms with Gasteiger partial charge in [0.05, 0.1) is 31.1 Å². The van der Waals surface area contributed by atoms with Gasteiger partial charge in [0.15, 0.2) is 6.04 Å². The zero-order valence-electron chi connectivity index (χ0n) is 15.0. The van der Waals surface area contributed by atoms with Gasteiger partial charge in [-0.2, -0.15) is 4.31 Å². The second kappa shape index (κ2) is 8.49. The Morgan fingerprint density at radius 1 is 1.20 bits per heavy atom. The molecule has 0 spiro atoms. The summed E-state index contributed by atoms with van der Waals surface area (Å²) in [6, 6.07) is 6.03. The number of hydrogen-bond acceptors (Lipinski definition) is 3. The molecule has 0 unspecified atom stereocenters. The molecule has 1 amide bonds. The Bertz CT molecular complexity index is 684. The van der Waals surface area contributed by atoms with Crippen LogP contribution in [-0.2, 0) is 14.8 Å². The van der Waals surface area contributed by atoms with Crippen molar-refractivity contribution in [2.24, 2.45) is 5.92 Å². The monoisotopic (exact) mass is 388 g/mol. The largest absolute Gasteiger partial charge is 0.351 e. The van der Waals surface area contributed by atoms with Gasteiger partial charge in [-0.15, -0.1) is 0 Å². The number of nitrogens with zero attached hydrogens (tertiary/aromatic N) is 1. The molecule has 1 aromatic rings. The van der Waals surface area contributed by atoms with Gasteiger partial charge in [0.1, 0.15) is 0 Å². The molecular weight excluding hydrogens is 362 g/mol. The zero-order valence-corrected chi connectivity index (χ0v) is 16.5. The fourth-order valence-electron chi connectivity index (χ4n) is 2.85. The lowest BCUT2D eigenvalue weighted by Gasteiger charge is -2.34. The highest BCUT2D eigenvalue weighted by Crippen LogP contribution is 2.18. The first-order valence-corrected chi connectivity index (χ1v) is 10.4. The summed E-state index contributed by atoms with van der Waals surface area (Å²) in [7, 11) is -3.51. The van der Waals surface area contributed by atoms with Crippen molar-refractivity contribution in [2.45, 2.75) is 31.7 Å². The topological polar surface area (TPSA) is 70.9 Å². The third-order valence-corrected chi connectivity index (χ3v) is 6.67. The van der Waals surface area contributed by atoms with E-state index in [1.54, 1.807) is 12.1 Å². The van der Waals surface area contributed by atoms with E-state index in [1.165, 1.54) is 16.4 Å². The van der Waals surface area contributed by atoms with E-state index in [4.69, 9.17) is 11.6 Å². The van der Waals surface area contributed by atoms with E-state index in [9.17, 15) is 13.2 Å². The second-order valence-electron chi connectivity index (χ2n) is 6.88. The summed E-state index contributed by atoms with van der Waals surface area (Å²) in [6.07, 6.45) is 0. The molecule has 2 N–H and O–H groups in total. The third kappa shape index (κ3) is 5.17. The van der Waals surface area contributed by atoms with Crippen LogP contribution in [0.1, 0.15) is 20.8 Å². The van der Waals surface area contributed by atoms with E-state index in [0.29, 0.717) is 43.7 Å². The van der Waals surface area contributed by atoms with Crippen molar-refractivity contribution in [3.8, 4) is 0 Å². The summed E-state index contributed by atoms with van der Waals surface area (Å²) in [6.45, 7) is 8.70. The fraction of sp³-hybridized carbons (Fsp3) is 0.588. The smallest absolute Gasteiger partial charge is 0.278 e. The summed E-state index contributed by atoms with van der Waals surface area (Å²) in [4.78, 5) is 13.6. The third-order valence-electron chi connectivity index (χ3n) is 4.51. The van der Waals surface area contributed by atoms with Crippen molar-refractivity contribution in [2.75, 3.05) is 32.7 Å². The molecule has 25 heavy (non-hydrogen) atoms. The summed E-state index contributed by atoms with van der Waals surface area (Å²) in [5.74, 6) is 0.435. The van der Waals surface area contributed by atoms with Crippen molar-refractivity contribution in [3.63, 3.8) is 0 Å². The summed E-state index contributed by atoms with van der Waals surface area (Å²) < 4.78 is 26.8. The average Bonchev–Trinajstić information content (AvgIpc) is 2.59. The number of carbonyl (C=O) groups is 1. The van der Waals surface area contributed by atoms with Gasteiger partial charge in [-0.3, -0.25) is 4.79 Å². The molecule has 6 nitrogen and oxygen atoms in total. The molecule has 1 aliphatic heterocycles. The van der Waals surface area contributed by atoms with E-state index >= 15 is 0 Å². The Balaban J connectivity index is 1.94. The van der Waals surface area contributed by atoms with Crippen molar-refractivity contribution >= 4 is 27.5 Å². The van der Waals surface area contributed by atoms with Gasteiger partial charge in [-0.1, -0.05) is 25.4 Å². The Morgan fingerprint density at radius 2 is 1.76 bits per heavy atom. The fourth-order valence-corrected chi connectivity index (χ4v) is 4.41. The van der Waals surface area contributed by atoms with Crippen LogP contribution < -0.4 is 10.2 Å². The van der Waals surface area contributed by atoms with Gasteiger partial charge >= 0.3 is 0 Å². The summed E-state index contributed by atoms with van der Waals surface area (Å²) in [5.41, 5.74) is 0. The summed E-state index contributed by atoms with van der Waals surface area (Å²) in [5, 5.41) is 3.46. The lowest BCUT2D eigenvalue weighted by Crippen LogP contribution is -3.19. The van der Waals surface area contributed by atoms with E-state index in [-0.39, 0.29) is 16.8 Å². The van der Waals surface area contributed by atoms with Crippen LogP contribution in [0.25, 0.3) is 0 Å². The summed E-state index contributed by atoms with van der Waals surface area (Å²) >= 11 is 5.83. The van der Waals surface area contributed by atoms with Crippen LogP contribution in [-0.4, -0.2) is 57.4 Å². The number of carbonyl (C=O) groups excluding carboxylic acids is 1. The standard InChI is InChI=1S/C17H26ClN3O3S/c1-13(2)12-19-17(22)14(3)20-8-10-21(11-9-20)25(23,24)16-6-4-15(18)5-7-16/h4-7,13-14H,8-12H2,1-3H3,(H,19,22)/p+1/t14-/m0/s1. The Morgan fingerprint density at radius 3 is 2.28 bits per heavy atom. The Hall–Kier alpha value is -1.15. The molecule has 1 heterocycles. The second-order valence-corrected chi connectivity index (χ2v) is 9.25. The van der Waals surface area contributed by atoms with Crippen molar-refractivity contribution in [1.82, 2.24) is 9.62 Å². The maximum atomic E-state index is 12.7. The molecule has 1 aliphatic rings. The minimum absolute atomic E-state index is 0.0257. The van der Waals surface area contributed by atoms with Crippen LogP contribution in [0.4, 0.5) is 0 Å².